The lowest BCUT2D eigenvalue weighted by Gasteiger charge is -2.27. The van der Waals surface area contributed by atoms with E-state index in [9.17, 15) is 5.11 Å². The number of ether oxygens (including phenoxy) is 1. The summed E-state index contributed by atoms with van der Waals surface area (Å²) < 4.78 is 5.18. The van der Waals surface area contributed by atoms with Crippen molar-refractivity contribution >= 4 is 17.0 Å². The standard InChI is InChI=1S/C13H16N2O2S/c1-13(9-16,12-14-6-7-18-12)15-10-4-3-5-11(8-10)17-2/h3-8,15-16H,9H2,1-2H3. The van der Waals surface area contributed by atoms with Crippen molar-refractivity contribution in [2.75, 3.05) is 19.0 Å². The number of aliphatic hydroxyl groups is 1. The zero-order valence-electron chi connectivity index (χ0n) is 10.4. The number of anilines is 1. The quantitative estimate of drug-likeness (QED) is 0.871. The number of hydrogen-bond donors (Lipinski definition) is 2. The van der Waals surface area contributed by atoms with Gasteiger partial charge in [0.1, 0.15) is 16.3 Å². The molecule has 0 saturated carbocycles. The van der Waals surface area contributed by atoms with Crippen molar-refractivity contribution in [2.45, 2.75) is 12.5 Å². The molecule has 2 N–H and O–H groups in total. The second-order valence-electron chi connectivity index (χ2n) is 4.18. The minimum atomic E-state index is -0.583. The number of aliphatic hydroxyl groups excluding tert-OH is 1. The number of nitrogens with one attached hydrogen (secondary N) is 1. The Morgan fingerprint density at radius 2 is 2.33 bits per heavy atom. The molecule has 4 nitrogen and oxygen atoms in total. The number of rotatable bonds is 5. The van der Waals surface area contributed by atoms with Gasteiger partial charge in [-0.2, -0.15) is 0 Å². The Balaban J connectivity index is 2.25. The van der Waals surface area contributed by atoms with Crippen LogP contribution in [0.15, 0.2) is 35.8 Å². The van der Waals surface area contributed by atoms with Crippen molar-refractivity contribution in [1.29, 1.82) is 0 Å². The Morgan fingerprint density at radius 3 is 2.94 bits per heavy atom. The molecular weight excluding hydrogens is 248 g/mol. The van der Waals surface area contributed by atoms with E-state index in [4.69, 9.17) is 4.74 Å². The van der Waals surface area contributed by atoms with Gasteiger partial charge in [0.15, 0.2) is 0 Å². The molecule has 0 radical (unpaired) electrons. The van der Waals surface area contributed by atoms with Crippen molar-refractivity contribution < 1.29 is 9.84 Å². The van der Waals surface area contributed by atoms with Crippen LogP contribution >= 0.6 is 11.3 Å². The van der Waals surface area contributed by atoms with Gasteiger partial charge in [0.05, 0.1) is 13.7 Å². The number of benzene rings is 1. The first kappa shape index (κ1) is 12.9. The zero-order chi connectivity index (χ0) is 13.0. The molecule has 18 heavy (non-hydrogen) atoms. The van der Waals surface area contributed by atoms with Gasteiger partial charge in [-0.25, -0.2) is 4.98 Å². The third-order valence-electron chi connectivity index (χ3n) is 2.71. The molecule has 2 rings (SSSR count). The van der Waals surface area contributed by atoms with E-state index < -0.39 is 5.54 Å². The summed E-state index contributed by atoms with van der Waals surface area (Å²) in [6.45, 7) is 1.89. The molecule has 0 amide bonds. The van der Waals surface area contributed by atoms with Crippen LogP contribution in [0, 0.1) is 0 Å². The Labute approximate surface area is 110 Å². The Kier molecular flexibility index (Phi) is 3.84. The second-order valence-corrected chi connectivity index (χ2v) is 5.08. The van der Waals surface area contributed by atoms with Gasteiger partial charge in [0, 0.05) is 23.3 Å². The van der Waals surface area contributed by atoms with Gasteiger partial charge in [-0.15, -0.1) is 11.3 Å². The van der Waals surface area contributed by atoms with Gasteiger partial charge in [-0.3, -0.25) is 0 Å². The maximum absolute atomic E-state index is 9.62. The van der Waals surface area contributed by atoms with E-state index >= 15 is 0 Å². The molecule has 96 valence electrons. The van der Waals surface area contributed by atoms with E-state index in [1.54, 1.807) is 13.3 Å². The fourth-order valence-electron chi connectivity index (χ4n) is 1.68. The molecule has 1 aromatic heterocycles. The molecule has 0 bridgehead atoms. The Morgan fingerprint density at radius 1 is 1.50 bits per heavy atom. The minimum absolute atomic E-state index is 0.0300. The van der Waals surface area contributed by atoms with Crippen molar-refractivity contribution in [2.24, 2.45) is 0 Å². The highest BCUT2D eigenvalue weighted by molar-refractivity contribution is 7.09. The molecule has 0 aliphatic carbocycles. The number of nitrogens with zero attached hydrogens (tertiary/aromatic N) is 1. The largest absolute Gasteiger partial charge is 0.497 e. The maximum Gasteiger partial charge on any atom is 0.120 e. The van der Waals surface area contributed by atoms with Gasteiger partial charge in [0.25, 0.3) is 0 Å². The molecule has 5 heteroatoms. The monoisotopic (exact) mass is 264 g/mol. The van der Waals surface area contributed by atoms with Crippen LogP contribution < -0.4 is 10.1 Å². The fraction of sp³-hybridized carbons (Fsp3) is 0.308. The molecule has 0 aliphatic heterocycles. The van der Waals surface area contributed by atoms with E-state index in [-0.39, 0.29) is 6.61 Å². The molecule has 2 aromatic rings. The molecule has 0 fully saturated rings. The summed E-state index contributed by atoms with van der Waals surface area (Å²) in [5, 5.41) is 15.7. The first-order valence-corrected chi connectivity index (χ1v) is 6.49. The summed E-state index contributed by atoms with van der Waals surface area (Å²) in [4.78, 5) is 4.26. The van der Waals surface area contributed by atoms with Crippen molar-refractivity contribution in [3.8, 4) is 5.75 Å². The highest BCUT2D eigenvalue weighted by Crippen LogP contribution is 2.28. The fourth-order valence-corrected chi connectivity index (χ4v) is 2.42. The number of hydrogen-bond acceptors (Lipinski definition) is 5. The summed E-state index contributed by atoms with van der Waals surface area (Å²) in [7, 11) is 1.63. The van der Waals surface area contributed by atoms with E-state index in [1.165, 1.54) is 11.3 Å². The summed E-state index contributed by atoms with van der Waals surface area (Å²) >= 11 is 1.52. The Bertz CT molecular complexity index is 501. The lowest BCUT2D eigenvalue weighted by Crippen LogP contribution is -2.35. The zero-order valence-corrected chi connectivity index (χ0v) is 11.2. The van der Waals surface area contributed by atoms with Gasteiger partial charge in [-0.05, 0) is 19.1 Å². The molecule has 1 aromatic carbocycles. The minimum Gasteiger partial charge on any atom is -0.497 e. The topological polar surface area (TPSA) is 54.4 Å². The summed E-state index contributed by atoms with van der Waals surface area (Å²) in [6.07, 6.45) is 1.74. The van der Waals surface area contributed by atoms with Gasteiger partial charge < -0.3 is 15.2 Å². The van der Waals surface area contributed by atoms with Crippen LogP contribution in [0.2, 0.25) is 0 Å². The smallest absolute Gasteiger partial charge is 0.120 e. The van der Waals surface area contributed by atoms with E-state index in [0.717, 1.165) is 16.4 Å². The van der Waals surface area contributed by atoms with Crippen LogP contribution in [0.4, 0.5) is 5.69 Å². The van der Waals surface area contributed by atoms with Crippen LogP contribution in [-0.4, -0.2) is 23.8 Å². The van der Waals surface area contributed by atoms with Crippen molar-refractivity contribution in [3.05, 3.63) is 40.8 Å². The van der Waals surface area contributed by atoms with Crippen LogP contribution in [0.3, 0.4) is 0 Å². The lowest BCUT2D eigenvalue weighted by molar-refractivity contribution is 0.223. The first-order chi connectivity index (χ1) is 8.68. The molecule has 0 spiro atoms. The molecular formula is C13H16N2O2S. The Hall–Kier alpha value is -1.59. The van der Waals surface area contributed by atoms with Gasteiger partial charge in [-0.1, -0.05) is 6.07 Å². The highest BCUT2D eigenvalue weighted by Gasteiger charge is 2.28. The third kappa shape index (κ3) is 2.63. The highest BCUT2D eigenvalue weighted by atomic mass is 32.1. The van der Waals surface area contributed by atoms with Crippen molar-refractivity contribution in [3.63, 3.8) is 0 Å². The number of methoxy groups -OCH3 is 1. The normalized spacial score (nSPS) is 13.9. The predicted octanol–water partition coefficient (Wildman–Crippen LogP) is 2.47. The van der Waals surface area contributed by atoms with Crippen LogP contribution in [0.25, 0.3) is 0 Å². The lowest BCUT2D eigenvalue weighted by atomic mass is 10.0. The SMILES string of the molecule is COc1cccc(NC(C)(CO)c2nccs2)c1. The van der Waals surface area contributed by atoms with E-state index in [1.807, 2.05) is 36.6 Å². The van der Waals surface area contributed by atoms with E-state index in [2.05, 4.69) is 10.3 Å². The molecule has 0 saturated heterocycles. The molecule has 1 heterocycles. The summed E-state index contributed by atoms with van der Waals surface area (Å²) in [5.74, 6) is 0.777. The van der Waals surface area contributed by atoms with Crippen molar-refractivity contribution in [1.82, 2.24) is 4.98 Å². The van der Waals surface area contributed by atoms with E-state index in [0.29, 0.717) is 0 Å². The average molecular weight is 264 g/mol. The molecule has 1 atom stereocenters. The molecule has 0 aliphatic rings. The summed E-state index contributed by atoms with van der Waals surface area (Å²) in [5.41, 5.74) is 0.307. The van der Waals surface area contributed by atoms with Crippen LogP contribution in [0.1, 0.15) is 11.9 Å². The van der Waals surface area contributed by atoms with Crippen LogP contribution in [0.5, 0.6) is 5.75 Å². The predicted molar refractivity (Wildman–Crippen MR) is 73.2 cm³/mol. The average Bonchev–Trinajstić information content (AvgIpc) is 2.93. The molecule has 1 unspecified atom stereocenters. The summed E-state index contributed by atoms with van der Waals surface area (Å²) in [6, 6.07) is 7.61. The maximum atomic E-state index is 9.62. The number of aromatic nitrogens is 1. The third-order valence-corrected chi connectivity index (χ3v) is 3.75. The van der Waals surface area contributed by atoms with Gasteiger partial charge in [0.2, 0.25) is 0 Å². The number of thiazole rings is 1. The second kappa shape index (κ2) is 5.37. The van der Waals surface area contributed by atoms with Crippen LogP contribution in [-0.2, 0) is 5.54 Å². The first-order valence-electron chi connectivity index (χ1n) is 5.61. The van der Waals surface area contributed by atoms with Gasteiger partial charge >= 0.3 is 0 Å².